The molecule has 0 aliphatic rings. The fraction of sp³-hybridized carbons (Fsp3) is 0.263. The number of ether oxygens (including phenoxy) is 1. The zero-order chi connectivity index (χ0) is 18.8. The predicted molar refractivity (Wildman–Crippen MR) is 107 cm³/mol. The van der Waals surface area contributed by atoms with Crippen molar-refractivity contribution in [1.82, 2.24) is 4.57 Å². The first-order valence-corrected chi connectivity index (χ1v) is 9.73. The molecule has 2 aromatic carbocycles. The summed E-state index contributed by atoms with van der Waals surface area (Å²) in [6, 6.07) is 9.05. The monoisotopic (exact) mass is 408 g/mol. The van der Waals surface area contributed by atoms with Crippen LogP contribution in [0.4, 0.5) is 0 Å². The van der Waals surface area contributed by atoms with Gasteiger partial charge in [0.05, 0.1) is 15.2 Å². The standard InChI is InChI=1S/C19H18Cl2N2O2S/c1-4-23-17-11(2)5-6-12(3)18(17)26-19(23)22-16(24)10-25-15-8-7-13(20)9-14(15)21/h5-9H,4,10H2,1-3H3. The van der Waals surface area contributed by atoms with Gasteiger partial charge in [0, 0.05) is 11.6 Å². The van der Waals surface area contributed by atoms with Gasteiger partial charge in [-0.2, -0.15) is 4.99 Å². The number of hydrogen-bond donors (Lipinski definition) is 0. The molecule has 7 heteroatoms. The maximum atomic E-state index is 12.3. The van der Waals surface area contributed by atoms with Crippen LogP contribution in [0.3, 0.4) is 0 Å². The third kappa shape index (κ3) is 3.80. The van der Waals surface area contributed by atoms with Crippen molar-refractivity contribution in [2.45, 2.75) is 27.3 Å². The number of nitrogens with zero attached hydrogens (tertiary/aromatic N) is 2. The maximum Gasteiger partial charge on any atom is 0.286 e. The number of halogens is 2. The molecule has 0 N–H and O–H groups in total. The fourth-order valence-corrected chi connectivity index (χ4v) is 4.44. The summed E-state index contributed by atoms with van der Waals surface area (Å²) in [5, 5.41) is 0.875. The summed E-state index contributed by atoms with van der Waals surface area (Å²) in [7, 11) is 0. The predicted octanol–water partition coefficient (Wildman–Crippen LogP) is 5.15. The average molecular weight is 409 g/mol. The minimum Gasteiger partial charge on any atom is -0.482 e. The number of carbonyl (C=O) groups is 1. The van der Waals surface area contributed by atoms with Gasteiger partial charge in [-0.25, -0.2) is 0 Å². The molecule has 0 fully saturated rings. The van der Waals surface area contributed by atoms with Gasteiger partial charge >= 0.3 is 0 Å². The summed E-state index contributed by atoms with van der Waals surface area (Å²) < 4.78 is 8.70. The van der Waals surface area contributed by atoms with Crippen molar-refractivity contribution in [1.29, 1.82) is 0 Å². The summed E-state index contributed by atoms with van der Waals surface area (Å²) in [5.41, 5.74) is 3.48. The zero-order valence-electron chi connectivity index (χ0n) is 14.7. The molecule has 0 aliphatic carbocycles. The van der Waals surface area contributed by atoms with Gasteiger partial charge in [-0.1, -0.05) is 46.7 Å². The summed E-state index contributed by atoms with van der Waals surface area (Å²) in [6.07, 6.45) is 0. The van der Waals surface area contributed by atoms with Gasteiger partial charge in [0.2, 0.25) is 0 Å². The Morgan fingerprint density at radius 3 is 2.62 bits per heavy atom. The van der Waals surface area contributed by atoms with E-state index in [1.165, 1.54) is 22.5 Å². The lowest BCUT2D eigenvalue weighted by molar-refractivity contribution is -0.120. The number of thiazole rings is 1. The van der Waals surface area contributed by atoms with Crippen molar-refractivity contribution >= 4 is 50.7 Å². The summed E-state index contributed by atoms with van der Waals surface area (Å²) >= 11 is 13.4. The lowest BCUT2D eigenvalue weighted by atomic mass is 10.1. The summed E-state index contributed by atoms with van der Waals surface area (Å²) in [6.45, 7) is 6.73. The first-order chi connectivity index (χ1) is 12.4. The molecule has 0 spiro atoms. The largest absolute Gasteiger partial charge is 0.482 e. The first-order valence-electron chi connectivity index (χ1n) is 8.15. The third-order valence-corrected chi connectivity index (χ3v) is 5.75. The molecule has 0 unspecified atom stereocenters. The van der Waals surface area contributed by atoms with Crippen molar-refractivity contribution in [2.75, 3.05) is 6.61 Å². The van der Waals surface area contributed by atoms with E-state index in [1.54, 1.807) is 18.2 Å². The van der Waals surface area contributed by atoms with E-state index < -0.39 is 0 Å². The molecule has 0 aliphatic heterocycles. The van der Waals surface area contributed by atoms with Crippen LogP contribution in [-0.4, -0.2) is 17.1 Å². The van der Waals surface area contributed by atoms with Crippen LogP contribution in [0.25, 0.3) is 10.2 Å². The second-order valence-electron chi connectivity index (χ2n) is 5.87. The minimum atomic E-state index is -0.361. The number of hydrogen-bond acceptors (Lipinski definition) is 3. The SMILES string of the molecule is CCn1c(=NC(=O)COc2ccc(Cl)cc2Cl)sc2c(C)ccc(C)c21. The lowest BCUT2D eigenvalue weighted by Crippen LogP contribution is -2.19. The van der Waals surface area contributed by atoms with Crippen molar-refractivity contribution in [3.63, 3.8) is 0 Å². The van der Waals surface area contributed by atoms with Gasteiger partial charge in [0.1, 0.15) is 5.75 Å². The Morgan fingerprint density at radius 2 is 1.92 bits per heavy atom. The van der Waals surface area contributed by atoms with Crippen molar-refractivity contribution in [3.8, 4) is 5.75 Å². The van der Waals surface area contributed by atoms with Crippen LogP contribution >= 0.6 is 34.5 Å². The van der Waals surface area contributed by atoms with Gasteiger partial charge in [-0.05, 0) is 50.1 Å². The number of fused-ring (bicyclic) bond motifs is 1. The summed E-state index contributed by atoms with van der Waals surface area (Å²) in [5.74, 6) is 0.0473. The molecule has 3 aromatic rings. The molecule has 0 saturated carbocycles. The normalized spacial score (nSPS) is 12.0. The van der Waals surface area contributed by atoms with E-state index in [2.05, 4.69) is 35.5 Å². The first kappa shape index (κ1) is 19.0. The number of carbonyl (C=O) groups excluding carboxylic acids is 1. The smallest absolute Gasteiger partial charge is 0.286 e. The average Bonchev–Trinajstić information content (AvgIpc) is 2.96. The highest BCUT2D eigenvalue weighted by Gasteiger charge is 2.11. The molecule has 1 heterocycles. The third-order valence-electron chi connectivity index (χ3n) is 4.01. The molecular formula is C19H18Cl2N2O2S. The highest BCUT2D eigenvalue weighted by molar-refractivity contribution is 7.16. The van der Waals surface area contributed by atoms with Crippen LogP contribution in [0.1, 0.15) is 18.1 Å². The zero-order valence-corrected chi connectivity index (χ0v) is 17.0. The number of amides is 1. The van der Waals surface area contributed by atoms with E-state index >= 15 is 0 Å². The fourth-order valence-electron chi connectivity index (χ4n) is 2.72. The maximum absolute atomic E-state index is 12.3. The van der Waals surface area contributed by atoms with Gasteiger partial charge in [-0.3, -0.25) is 4.79 Å². The lowest BCUT2D eigenvalue weighted by Gasteiger charge is -2.06. The van der Waals surface area contributed by atoms with E-state index in [4.69, 9.17) is 27.9 Å². The van der Waals surface area contributed by atoms with Crippen molar-refractivity contribution < 1.29 is 9.53 Å². The van der Waals surface area contributed by atoms with E-state index in [0.29, 0.717) is 20.6 Å². The number of aryl methyl sites for hydroxylation is 3. The molecule has 1 aromatic heterocycles. The topological polar surface area (TPSA) is 43.6 Å². The van der Waals surface area contributed by atoms with Crippen LogP contribution < -0.4 is 9.54 Å². The molecule has 0 atom stereocenters. The number of benzene rings is 2. The van der Waals surface area contributed by atoms with Gasteiger partial charge in [0.15, 0.2) is 11.4 Å². The van der Waals surface area contributed by atoms with Crippen molar-refractivity contribution in [3.05, 3.63) is 56.3 Å². The van der Waals surface area contributed by atoms with Crippen LogP contribution in [0.2, 0.25) is 10.0 Å². The van der Waals surface area contributed by atoms with Gasteiger partial charge in [-0.15, -0.1) is 0 Å². The van der Waals surface area contributed by atoms with Crippen LogP contribution in [0.15, 0.2) is 35.3 Å². The molecule has 0 radical (unpaired) electrons. The van der Waals surface area contributed by atoms with Crippen LogP contribution in [0, 0.1) is 13.8 Å². The Bertz CT molecular complexity index is 1050. The minimum absolute atomic E-state index is 0.183. The van der Waals surface area contributed by atoms with E-state index in [-0.39, 0.29) is 12.5 Å². The molecule has 26 heavy (non-hydrogen) atoms. The Balaban J connectivity index is 1.90. The molecule has 3 rings (SSSR count). The molecular weight excluding hydrogens is 391 g/mol. The Morgan fingerprint density at radius 1 is 1.19 bits per heavy atom. The van der Waals surface area contributed by atoms with E-state index in [1.807, 2.05) is 6.92 Å². The van der Waals surface area contributed by atoms with Crippen LogP contribution in [0.5, 0.6) is 5.75 Å². The highest BCUT2D eigenvalue weighted by atomic mass is 35.5. The van der Waals surface area contributed by atoms with E-state index in [0.717, 1.165) is 16.8 Å². The van der Waals surface area contributed by atoms with Crippen molar-refractivity contribution in [2.24, 2.45) is 4.99 Å². The quantitative estimate of drug-likeness (QED) is 0.598. The molecule has 0 bridgehead atoms. The van der Waals surface area contributed by atoms with Gasteiger partial charge in [0.25, 0.3) is 5.91 Å². The Kier molecular flexibility index (Phi) is 5.70. The molecule has 4 nitrogen and oxygen atoms in total. The second-order valence-corrected chi connectivity index (χ2v) is 7.70. The number of aromatic nitrogens is 1. The second kappa shape index (κ2) is 7.82. The Hall–Kier alpha value is -1.82. The van der Waals surface area contributed by atoms with Gasteiger partial charge < -0.3 is 9.30 Å². The summed E-state index contributed by atoms with van der Waals surface area (Å²) in [4.78, 5) is 17.2. The molecule has 136 valence electrons. The van der Waals surface area contributed by atoms with Crippen LogP contribution in [-0.2, 0) is 11.3 Å². The molecule has 0 saturated heterocycles. The Labute approximate surface area is 165 Å². The highest BCUT2D eigenvalue weighted by Crippen LogP contribution is 2.27. The molecule has 1 amide bonds. The number of rotatable bonds is 4. The van der Waals surface area contributed by atoms with E-state index in [9.17, 15) is 4.79 Å².